The van der Waals surface area contributed by atoms with E-state index in [9.17, 15) is 0 Å². The Bertz CT molecular complexity index is 637. The van der Waals surface area contributed by atoms with Gasteiger partial charge in [0.05, 0.1) is 17.2 Å². The molecule has 3 nitrogen and oxygen atoms in total. The quantitative estimate of drug-likeness (QED) is 0.441. The third-order valence-electron chi connectivity index (χ3n) is 2.77. The van der Waals surface area contributed by atoms with Crippen molar-refractivity contribution in [2.24, 2.45) is 15.7 Å². The molecular formula is C21H29N3. The molecule has 0 atom stereocenters. The molecule has 0 aromatic heterocycles. The molecular weight excluding hydrogens is 294 g/mol. The van der Waals surface area contributed by atoms with E-state index >= 15 is 0 Å². The topological polar surface area (TPSA) is 50.7 Å². The van der Waals surface area contributed by atoms with Crippen LogP contribution in [-0.2, 0) is 0 Å². The van der Waals surface area contributed by atoms with Crippen molar-refractivity contribution in [3.63, 3.8) is 0 Å². The zero-order valence-electron chi connectivity index (χ0n) is 15.5. The summed E-state index contributed by atoms with van der Waals surface area (Å²) in [5.74, 6) is 0.487. The first kappa shape index (κ1) is 21.3. The van der Waals surface area contributed by atoms with Crippen LogP contribution < -0.4 is 5.73 Å². The molecule has 24 heavy (non-hydrogen) atoms. The number of nitrogens with two attached hydrogens (primary N) is 1. The fourth-order valence-electron chi connectivity index (χ4n) is 1.93. The molecule has 0 bridgehead atoms. The molecule has 0 aliphatic carbocycles. The maximum atomic E-state index is 5.75. The van der Waals surface area contributed by atoms with Crippen molar-refractivity contribution in [1.82, 2.24) is 0 Å². The van der Waals surface area contributed by atoms with Gasteiger partial charge >= 0.3 is 0 Å². The van der Waals surface area contributed by atoms with Crippen LogP contribution >= 0.6 is 0 Å². The molecule has 0 aliphatic rings. The van der Waals surface area contributed by atoms with Gasteiger partial charge in [-0.1, -0.05) is 88.4 Å². The van der Waals surface area contributed by atoms with Gasteiger partial charge in [0.1, 0.15) is 0 Å². The summed E-state index contributed by atoms with van der Waals surface area (Å²) in [5, 5.41) is 0. The normalized spacial score (nSPS) is 11.1. The van der Waals surface area contributed by atoms with Crippen LogP contribution in [0.25, 0.3) is 11.4 Å². The Hall–Kier alpha value is -2.68. The third-order valence-corrected chi connectivity index (χ3v) is 2.77. The van der Waals surface area contributed by atoms with Gasteiger partial charge in [-0.05, 0) is 13.6 Å². The summed E-state index contributed by atoms with van der Waals surface area (Å²) < 4.78 is 0. The van der Waals surface area contributed by atoms with Gasteiger partial charge in [0.2, 0.25) is 0 Å². The minimum absolute atomic E-state index is 0.487. The highest BCUT2D eigenvalue weighted by molar-refractivity contribution is 5.96. The highest BCUT2D eigenvalue weighted by atomic mass is 14.9. The van der Waals surface area contributed by atoms with Crippen LogP contribution in [0.3, 0.4) is 0 Å². The van der Waals surface area contributed by atoms with Crippen molar-refractivity contribution in [2.45, 2.75) is 34.6 Å². The molecule has 0 saturated heterocycles. The number of rotatable bonds is 4. The Morgan fingerprint density at radius 3 is 1.46 bits per heavy atom. The molecule has 0 fully saturated rings. The lowest BCUT2D eigenvalue weighted by Crippen LogP contribution is -2.05. The molecule has 0 unspecified atom stereocenters. The van der Waals surface area contributed by atoms with E-state index in [1.807, 2.05) is 88.4 Å². The highest BCUT2D eigenvalue weighted by Gasteiger charge is 2.09. The van der Waals surface area contributed by atoms with Crippen molar-refractivity contribution in [3.05, 3.63) is 71.8 Å². The highest BCUT2D eigenvalue weighted by Crippen LogP contribution is 2.28. The lowest BCUT2D eigenvalue weighted by atomic mass is 10.1. The molecule has 0 saturated carbocycles. The van der Waals surface area contributed by atoms with E-state index in [1.165, 1.54) is 0 Å². The average Bonchev–Trinajstić information content (AvgIpc) is 2.66. The molecule has 2 N–H and O–H groups in total. The monoisotopic (exact) mass is 323 g/mol. The second-order valence-electron chi connectivity index (χ2n) is 4.34. The Balaban J connectivity index is 0.00000123. The summed E-state index contributed by atoms with van der Waals surface area (Å²) in [6.45, 7) is 13.4. The summed E-state index contributed by atoms with van der Waals surface area (Å²) in [6.07, 6.45) is 0. The van der Waals surface area contributed by atoms with Gasteiger partial charge in [-0.2, -0.15) is 0 Å². The van der Waals surface area contributed by atoms with Crippen LogP contribution in [0.2, 0.25) is 0 Å². The second kappa shape index (κ2) is 12.8. The van der Waals surface area contributed by atoms with Gasteiger partial charge < -0.3 is 5.73 Å². The van der Waals surface area contributed by atoms with Gasteiger partial charge in [0.25, 0.3) is 0 Å². The van der Waals surface area contributed by atoms with Crippen LogP contribution in [-0.4, -0.2) is 12.6 Å². The van der Waals surface area contributed by atoms with Crippen LogP contribution in [0.5, 0.6) is 0 Å². The third kappa shape index (κ3) is 6.61. The number of benzene rings is 2. The molecule has 0 spiro atoms. The van der Waals surface area contributed by atoms with Gasteiger partial charge in [0.15, 0.2) is 0 Å². The molecule has 0 aliphatic heterocycles. The van der Waals surface area contributed by atoms with E-state index in [4.69, 9.17) is 5.73 Å². The van der Waals surface area contributed by atoms with Crippen molar-refractivity contribution < 1.29 is 0 Å². The maximum absolute atomic E-state index is 5.75. The summed E-state index contributed by atoms with van der Waals surface area (Å²) in [5.41, 5.74) is 9.13. The number of amidine groups is 1. The minimum Gasteiger partial charge on any atom is -0.387 e. The summed E-state index contributed by atoms with van der Waals surface area (Å²) in [4.78, 5) is 8.59. The first-order valence-corrected chi connectivity index (χ1v) is 8.35. The lowest BCUT2D eigenvalue weighted by Gasteiger charge is -2.09. The van der Waals surface area contributed by atoms with Crippen LogP contribution in [0, 0.1) is 0 Å². The van der Waals surface area contributed by atoms with E-state index in [0.29, 0.717) is 5.84 Å². The summed E-state index contributed by atoms with van der Waals surface area (Å²) in [7, 11) is 0. The smallest absolute Gasteiger partial charge is 0.0985 e. The molecule has 0 heterocycles. The van der Waals surface area contributed by atoms with E-state index in [1.54, 1.807) is 6.92 Å². The second-order valence-corrected chi connectivity index (χ2v) is 4.34. The first-order valence-electron chi connectivity index (χ1n) is 8.35. The number of hydrogen-bond acceptors (Lipinski definition) is 2. The molecule has 128 valence electrons. The minimum atomic E-state index is 0.487. The molecule has 0 radical (unpaired) electrons. The Morgan fingerprint density at radius 1 is 0.750 bits per heavy atom. The van der Waals surface area contributed by atoms with Gasteiger partial charge in [-0.15, -0.1) is 0 Å². The number of hydrogen-bond donors (Lipinski definition) is 1. The van der Waals surface area contributed by atoms with E-state index in [2.05, 4.69) is 16.7 Å². The number of aliphatic imine (C=N–C) groups is 2. The van der Waals surface area contributed by atoms with Crippen molar-refractivity contribution in [2.75, 3.05) is 0 Å². The Kier molecular flexibility index (Phi) is 11.4. The van der Waals surface area contributed by atoms with E-state index < -0.39 is 0 Å². The zero-order valence-corrected chi connectivity index (χ0v) is 15.5. The first-order chi connectivity index (χ1) is 11.7. The fraction of sp³-hybridized carbons (Fsp3) is 0.238. The predicted octanol–water partition coefficient (Wildman–Crippen LogP) is 5.64. The number of nitrogens with zero attached hydrogens (tertiary/aromatic N) is 2. The van der Waals surface area contributed by atoms with Gasteiger partial charge in [-0.25, -0.2) is 4.99 Å². The van der Waals surface area contributed by atoms with Crippen LogP contribution in [0.15, 0.2) is 70.6 Å². The maximum Gasteiger partial charge on any atom is 0.0985 e. The predicted molar refractivity (Wildman–Crippen MR) is 109 cm³/mol. The molecule has 2 aromatic carbocycles. The molecule has 2 rings (SSSR count). The van der Waals surface area contributed by atoms with Gasteiger partial charge in [0, 0.05) is 11.1 Å². The zero-order chi connectivity index (χ0) is 18.4. The van der Waals surface area contributed by atoms with Crippen LogP contribution in [0.4, 0.5) is 0 Å². The fourth-order valence-corrected chi connectivity index (χ4v) is 1.93. The molecule has 0 amide bonds. The average molecular weight is 323 g/mol. The Morgan fingerprint density at radius 2 is 1.12 bits per heavy atom. The Labute approximate surface area is 146 Å². The van der Waals surface area contributed by atoms with Crippen molar-refractivity contribution in [1.29, 1.82) is 0 Å². The van der Waals surface area contributed by atoms with Gasteiger partial charge in [-0.3, -0.25) is 4.99 Å². The largest absolute Gasteiger partial charge is 0.387 e. The van der Waals surface area contributed by atoms with E-state index in [-0.39, 0.29) is 0 Å². The summed E-state index contributed by atoms with van der Waals surface area (Å²) >= 11 is 0. The SMILES string of the molecule is C=N/C(=C(\N=C(C)N)c1ccccc1)c1ccccc1.CC.CC. The lowest BCUT2D eigenvalue weighted by molar-refractivity contribution is 1.41. The van der Waals surface area contributed by atoms with Crippen LogP contribution in [0.1, 0.15) is 45.7 Å². The standard InChI is InChI=1S/C17H17N3.2C2H6/c1-13(18)20-17(15-11-7-4-8-12-15)16(19-2)14-9-5-3-6-10-14;2*1-2/h3-12H,2H2,1H3,(H2,18,20);2*1-2H3/b17-16-;;. The summed E-state index contributed by atoms with van der Waals surface area (Å²) in [6, 6.07) is 19.7. The van der Waals surface area contributed by atoms with E-state index in [0.717, 1.165) is 22.5 Å². The van der Waals surface area contributed by atoms with Crippen molar-refractivity contribution >= 4 is 23.9 Å². The molecule has 2 aromatic rings. The molecule has 3 heteroatoms. The van der Waals surface area contributed by atoms with Crippen molar-refractivity contribution in [3.8, 4) is 0 Å².